The van der Waals surface area contributed by atoms with Gasteiger partial charge in [-0.2, -0.15) is 12.6 Å². The van der Waals surface area contributed by atoms with Crippen molar-refractivity contribution in [1.82, 2.24) is 9.97 Å². The highest BCUT2D eigenvalue weighted by Gasteiger charge is 1.98. The van der Waals surface area contributed by atoms with E-state index in [0.717, 1.165) is 22.7 Å². The molecule has 0 bridgehead atoms. The monoisotopic (exact) mass is 228 g/mol. The van der Waals surface area contributed by atoms with E-state index >= 15 is 0 Å². The zero-order valence-corrected chi connectivity index (χ0v) is 9.64. The lowest BCUT2D eigenvalue weighted by molar-refractivity contribution is 1.18. The molecule has 0 aliphatic carbocycles. The largest absolute Gasteiger partial charge is 0.237 e. The lowest BCUT2D eigenvalue weighted by Crippen LogP contribution is -1.86. The van der Waals surface area contributed by atoms with E-state index in [-0.39, 0.29) is 0 Å². The van der Waals surface area contributed by atoms with Crippen molar-refractivity contribution in [2.24, 2.45) is 0 Å². The molecular formula is C13H12N2S. The Hall–Kier alpha value is -1.61. The van der Waals surface area contributed by atoms with Gasteiger partial charge in [0.25, 0.3) is 0 Å². The molecule has 2 rings (SSSR count). The number of benzene rings is 1. The van der Waals surface area contributed by atoms with Gasteiger partial charge in [-0.25, -0.2) is 9.97 Å². The number of nitrogens with zero attached hydrogens (tertiary/aromatic N) is 2. The van der Waals surface area contributed by atoms with E-state index in [4.69, 9.17) is 0 Å². The van der Waals surface area contributed by atoms with Crippen LogP contribution in [0.1, 0.15) is 5.56 Å². The second kappa shape index (κ2) is 5.47. The predicted molar refractivity (Wildman–Crippen MR) is 70.4 cm³/mol. The van der Waals surface area contributed by atoms with Gasteiger partial charge in [0, 0.05) is 23.7 Å². The van der Waals surface area contributed by atoms with Crippen LogP contribution in [-0.2, 0) is 0 Å². The first-order chi connectivity index (χ1) is 7.90. The third-order valence-corrected chi connectivity index (χ3v) is 2.36. The van der Waals surface area contributed by atoms with E-state index in [2.05, 4.69) is 22.6 Å². The van der Waals surface area contributed by atoms with Gasteiger partial charge in [-0.05, 0) is 11.6 Å². The van der Waals surface area contributed by atoms with Crippen LogP contribution in [0.25, 0.3) is 17.5 Å². The number of thiol groups is 1. The zero-order valence-electron chi connectivity index (χ0n) is 8.74. The van der Waals surface area contributed by atoms with E-state index in [1.807, 2.05) is 42.5 Å². The summed E-state index contributed by atoms with van der Waals surface area (Å²) in [5.74, 6) is 1.51. The van der Waals surface area contributed by atoms with E-state index in [1.54, 1.807) is 12.4 Å². The Kier molecular flexibility index (Phi) is 3.72. The van der Waals surface area contributed by atoms with Crippen molar-refractivity contribution >= 4 is 18.7 Å². The second-order valence-electron chi connectivity index (χ2n) is 3.28. The highest BCUT2D eigenvalue weighted by molar-refractivity contribution is 7.80. The molecule has 1 aromatic heterocycles. The molecule has 0 amide bonds. The van der Waals surface area contributed by atoms with Crippen LogP contribution >= 0.6 is 12.6 Å². The Labute approximate surface area is 100 Å². The van der Waals surface area contributed by atoms with Gasteiger partial charge in [0.05, 0.1) is 0 Å². The summed E-state index contributed by atoms with van der Waals surface area (Å²) in [6, 6.07) is 9.95. The van der Waals surface area contributed by atoms with E-state index in [9.17, 15) is 0 Å². The van der Waals surface area contributed by atoms with Crippen molar-refractivity contribution in [2.75, 3.05) is 5.75 Å². The van der Waals surface area contributed by atoms with Crippen molar-refractivity contribution in [3.05, 3.63) is 54.4 Å². The summed E-state index contributed by atoms with van der Waals surface area (Å²) < 4.78 is 0. The molecule has 0 unspecified atom stereocenters. The van der Waals surface area contributed by atoms with Crippen LogP contribution in [0.3, 0.4) is 0 Å². The maximum absolute atomic E-state index is 4.20. The third kappa shape index (κ3) is 2.70. The molecule has 0 saturated heterocycles. The number of hydrogen-bond acceptors (Lipinski definition) is 3. The van der Waals surface area contributed by atoms with Crippen LogP contribution in [0, 0.1) is 0 Å². The zero-order chi connectivity index (χ0) is 11.2. The number of aromatic nitrogens is 2. The first kappa shape index (κ1) is 10.9. The summed E-state index contributed by atoms with van der Waals surface area (Å²) in [6.07, 6.45) is 7.55. The molecule has 0 aliphatic rings. The lowest BCUT2D eigenvalue weighted by atomic mass is 10.1. The predicted octanol–water partition coefficient (Wildman–Crippen LogP) is 3.09. The summed E-state index contributed by atoms with van der Waals surface area (Å²) in [5.41, 5.74) is 2.19. The van der Waals surface area contributed by atoms with Gasteiger partial charge in [-0.3, -0.25) is 0 Å². The normalized spacial score (nSPS) is 10.8. The average molecular weight is 228 g/mol. The van der Waals surface area contributed by atoms with Gasteiger partial charge in [-0.1, -0.05) is 36.4 Å². The van der Waals surface area contributed by atoms with Crippen LogP contribution in [0.2, 0.25) is 0 Å². The fraction of sp³-hybridized carbons (Fsp3) is 0.0769. The van der Waals surface area contributed by atoms with Gasteiger partial charge in [-0.15, -0.1) is 0 Å². The van der Waals surface area contributed by atoms with Crippen LogP contribution in [0.4, 0.5) is 0 Å². The number of hydrogen-bond donors (Lipinski definition) is 1. The van der Waals surface area contributed by atoms with E-state index in [1.165, 1.54) is 0 Å². The summed E-state index contributed by atoms with van der Waals surface area (Å²) in [7, 11) is 0. The molecular weight excluding hydrogens is 216 g/mol. The van der Waals surface area contributed by atoms with Crippen LogP contribution in [-0.4, -0.2) is 15.7 Å². The van der Waals surface area contributed by atoms with Crippen molar-refractivity contribution in [3.63, 3.8) is 0 Å². The molecule has 3 heteroatoms. The molecule has 1 aromatic carbocycles. The van der Waals surface area contributed by atoms with Crippen molar-refractivity contribution in [2.45, 2.75) is 0 Å². The summed E-state index contributed by atoms with van der Waals surface area (Å²) in [6.45, 7) is 0. The first-order valence-electron chi connectivity index (χ1n) is 5.05. The minimum absolute atomic E-state index is 0.754. The fourth-order valence-corrected chi connectivity index (χ4v) is 1.49. The van der Waals surface area contributed by atoms with Gasteiger partial charge < -0.3 is 0 Å². The van der Waals surface area contributed by atoms with E-state index in [0.29, 0.717) is 0 Å². The lowest BCUT2D eigenvalue weighted by Gasteiger charge is -1.99. The Morgan fingerprint density at radius 1 is 1.06 bits per heavy atom. The van der Waals surface area contributed by atoms with Crippen LogP contribution < -0.4 is 0 Å². The summed E-state index contributed by atoms with van der Waals surface area (Å²) in [5, 5.41) is 0. The molecule has 0 saturated carbocycles. The molecule has 80 valence electrons. The standard InChI is InChI=1S/C13H12N2S/c16-10-1-3-11-4-6-12(7-5-11)13-14-8-2-9-15-13/h1-9,16H,10H2. The molecule has 2 aromatic rings. The maximum atomic E-state index is 4.20. The Bertz CT molecular complexity index is 463. The van der Waals surface area contributed by atoms with Gasteiger partial charge in [0.15, 0.2) is 5.82 Å². The summed E-state index contributed by atoms with van der Waals surface area (Å²) in [4.78, 5) is 8.40. The highest BCUT2D eigenvalue weighted by Crippen LogP contribution is 2.15. The highest BCUT2D eigenvalue weighted by atomic mass is 32.1. The molecule has 0 radical (unpaired) electrons. The molecule has 0 N–H and O–H groups in total. The fourth-order valence-electron chi connectivity index (χ4n) is 1.38. The van der Waals surface area contributed by atoms with Crippen molar-refractivity contribution < 1.29 is 0 Å². The Morgan fingerprint density at radius 2 is 1.75 bits per heavy atom. The molecule has 0 fully saturated rings. The molecule has 1 heterocycles. The Balaban J connectivity index is 2.23. The molecule has 16 heavy (non-hydrogen) atoms. The van der Waals surface area contributed by atoms with Gasteiger partial charge in [0.1, 0.15) is 0 Å². The first-order valence-corrected chi connectivity index (χ1v) is 5.68. The quantitative estimate of drug-likeness (QED) is 0.817. The minimum Gasteiger partial charge on any atom is -0.237 e. The molecule has 0 atom stereocenters. The second-order valence-corrected chi connectivity index (χ2v) is 3.64. The van der Waals surface area contributed by atoms with Gasteiger partial charge in [0.2, 0.25) is 0 Å². The molecule has 2 nitrogen and oxygen atoms in total. The molecule has 0 aliphatic heterocycles. The van der Waals surface area contributed by atoms with Crippen molar-refractivity contribution in [1.29, 1.82) is 0 Å². The maximum Gasteiger partial charge on any atom is 0.159 e. The van der Waals surface area contributed by atoms with E-state index < -0.39 is 0 Å². The third-order valence-electron chi connectivity index (χ3n) is 2.15. The molecule has 0 spiro atoms. The van der Waals surface area contributed by atoms with Crippen LogP contribution in [0.5, 0.6) is 0 Å². The smallest absolute Gasteiger partial charge is 0.159 e. The summed E-state index contributed by atoms with van der Waals surface area (Å²) >= 11 is 4.12. The Morgan fingerprint density at radius 3 is 2.38 bits per heavy atom. The number of rotatable bonds is 3. The topological polar surface area (TPSA) is 25.8 Å². The minimum atomic E-state index is 0.754. The average Bonchev–Trinajstić information content (AvgIpc) is 2.38. The van der Waals surface area contributed by atoms with Gasteiger partial charge >= 0.3 is 0 Å². The van der Waals surface area contributed by atoms with Crippen molar-refractivity contribution in [3.8, 4) is 11.4 Å². The SMILES string of the molecule is SCC=Cc1ccc(-c2ncccn2)cc1. The van der Waals surface area contributed by atoms with Crippen LogP contribution in [0.15, 0.2) is 48.8 Å².